The number of aryl methyl sites for hydroxylation is 1. The summed E-state index contributed by atoms with van der Waals surface area (Å²) >= 11 is 0. The molecule has 0 bridgehead atoms. The molecule has 0 aliphatic rings. The Balaban J connectivity index is 3.19. The Morgan fingerprint density at radius 3 is 2.60 bits per heavy atom. The zero-order chi connectivity index (χ0) is 15.3. The Bertz CT molecular complexity index is 651. The molecule has 0 aliphatic carbocycles. The average molecular weight is 278 g/mol. The van der Waals surface area contributed by atoms with Gasteiger partial charge in [0.2, 0.25) is 5.91 Å². The fourth-order valence-corrected chi connectivity index (χ4v) is 1.66. The van der Waals surface area contributed by atoms with Crippen LogP contribution in [0.5, 0.6) is 0 Å². The van der Waals surface area contributed by atoms with Crippen molar-refractivity contribution in [2.45, 2.75) is 46.3 Å². The number of carbonyl (C=O) groups excluding carboxylic acids is 1. The van der Waals surface area contributed by atoms with Crippen LogP contribution in [0.15, 0.2) is 15.8 Å². The van der Waals surface area contributed by atoms with Gasteiger partial charge >= 0.3 is 5.69 Å². The van der Waals surface area contributed by atoms with Crippen LogP contribution in [0.25, 0.3) is 0 Å². The van der Waals surface area contributed by atoms with Crippen molar-refractivity contribution in [1.29, 1.82) is 5.26 Å². The summed E-state index contributed by atoms with van der Waals surface area (Å²) in [7, 11) is 0. The molecule has 1 N–H and O–H groups in total. The molecular formula is C13H18N4O3. The van der Waals surface area contributed by atoms with Gasteiger partial charge in [0.15, 0.2) is 0 Å². The third kappa shape index (κ3) is 3.35. The summed E-state index contributed by atoms with van der Waals surface area (Å²) in [6, 6.07) is 1.70. The SMILES string of the molecule is CCC(C)NC(=O)Cn1c(=O)c(C#N)cn(CC)c1=O. The Morgan fingerprint density at radius 2 is 2.10 bits per heavy atom. The molecule has 1 amide bonds. The minimum absolute atomic E-state index is 0.0363. The highest BCUT2D eigenvalue weighted by molar-refractivity contribution is 5.76. The van der Waals surface area contributed by atoms with E-state index in [1.54, 1.807) is 13.0 Å². The maximum absolute atomic E-state index is 12.0. The van der Waals surface area contributed by atoms with E-state index in [9.17, 15) is 14.4 Å². The summed E-state index contributed by atoms with van der Waals surface area (Å²) in [6.45, 7) is 5.41. The van der Waals surface area contributed by atoms with Gasteiger partial charge in [-0.25, -0.2) is 9.36 Å². The molecule has 1 aromatic heterocycles. The van der Waals surface area contributed by atoms with Gasteiger partial charge in [0.05, 0.1) is 0 Å². The van der Waals surface area contributed by atoms with Crippen molar-refractivity contribution < 1.29 is 4.79 Å². The molecular weight excluding hydrogens is 260 g/mol. The zero-order valence-electron chi connectivity index (χ0n) is 11.8. The number of aromatic nitrogens is 2. The Morgan fingerprint density at radius 1 is 1.45 bits per heavy atom. The van der Waals surface area contributed by atoms with Crippen LogP contribution in [0.3, 0.4) is 0 Å². The number of carbonyl (C=O) groups is 1. The van der Waals surface area contributed by atoms with Gasteiger partial charge in [0, 0.05) is 18.8 Å². The first-order valence-corrected chi connectivity index (χ1v) is 6.48. The Labute approximate surface area is 116 Å². The van der Waals surface area contributed by atoms with Crippen LogP contribution < -0.4 is 16.6 Å². The van der Waals surface area contributed by atoms with E-state index < -0.39 is 17.2 Å². The molecule has 0 saturated heterocycles. The Kier molecular flexibility index (Phi) is 5.26. The van der Waals surface area contributed by atoms with Crippen LogP contribution in [-0.4, -0.2) is 21.1 Å². The molecule has 1 aromatic rings. The van der Waals surface area contributed by atoms with Crippen molar-refractivity contribution in [3.05, 3.63) is 32.6 Å². The van der Waals surface area contributed by atoms with Crippen LogP contribution in [0, 0.1) is 11.3 Å². The van der Waals surface area contributed by atoms with Gasteiger partial charge in [0.25, 0.3) is 5.56 Å². The molecule has 0 saturated carbocycles. The number of hydrogen-bond donors (Lipinski definition) is 1. The van der Waals surface area contributed by atoms with E-state index in [1.165, 1.54) is 10.8 Å². The quantitative estimate of drug-likeness (QED) is 0.807. The molecule has 0 spiro atoms. The fourth-order valence-electron chi connectivity index (χ4n) is 1.66. The van der Waals surface area contributed by atoms with Crippen molar-refractivity contribution in [2.24, 2.45) is 0 Å². The van der Waals surface area contributed by atoms with E-state index in [-0.39, 0.29) is 18.2 Å². The normalized spacial score (nSPS) is 11.7. The smallest absolute Gasteiger partial charge is 0.331 e. The predicted octanol–water partition coefficient (Wildman–Crippen LogP) is -0.184. The van der Waals surface area contributed by atoms with Gasteiger partial charge in [-0.05, 0) is 20.3 Å². The van der Waals surface area contributed by atoms with Gasteiger partial charge in [-0.3, -0.25) is 14.2 Å². The van der Waals surface area contributed by atoms with E-state index >= 15 is 0 Å². The van der Waals surface area contributed by atoms with Gasteiger partial charge in [0.1, 0.15) is 18.2 Å². The van der Waals surface area contributed by atoms with Crippen molar-refractivity contribution in [2.75, 3.05) is 0 Å². The molecule has 7 nitrogen and oxygen atoms in total. The Hall–Kier alpha value is -2.36. The molecule has 7 heteroatoms. The summed E-state index contributed by atoms with van der Waals surface area (Å²) in [5.41, 5.74) is -1.47. The van der Waals surface area contributed by atoms with Crippen LogP contribution in [0.4, 0.5) is 0 Å². The third-order valence-electron chi connectivity index (χ3n) is 3.02. The van der Waals surface area contributed by atoms with Gasteiger partial charge in [-0.2, -0.15) is 5.26 Å². The zero-order valence-corrected chi connectivity index (χ0v) is 11.8. The van der Waals surface area contributed by atoms with Crippen molar-refractivity contribution >= 4 is 5.91 Å². The predicted molar refractivity (Wildman–Crippen MR) is 73.2 cm³/mol. The first-order valence-electron chi connectivity index (χ1n) is 6.48. The van der Waals surface area contributed by atoms with E-state index in [2.05, 4.69) is 5.32 Å². The maximum atomic E-state index is 12.0. The second-order valence-electron chi connectivity index (χ2n) is 4.49. The number of rotatable bonds is 5. The highest BCUT2D eigenvalue weighted by Crippen LogP contribution is 1.90. The second-order valence-corrected chi connectivity index (χ2v) is 4.49. The molecule has 20 heavy (non-hydrogen) atoms. The van der Waals surface area contributed by atoms with Gasteiger partial charge < -0.3 is 5.32 Å². The third-order valence-corrected chi connectivity index (χ3v) is 3.02. The van der Waals surface area contributed by atoms with Crippen LogP contribution >= 0.6 is 0 Å². The standard InChI is InChI=1S/C13H18N4O3/c1-4-9(3)15-11(18)8-17-12(19)10(6-14)7-16(5-2)13(17)20/h7,9H,4-5,8H2,1-3H3,(H,15,18). The molecule has 108 valence electrons. The first kappa shape index (κ1) is 15.7. The van der Waals surface area contributed by atoms with Crippen molar-refractivity contribution in [3.8, 4) is 6.07 Å². The molecule has 1 unspecified atom stereocenters. The lowest BCUT2D eigenvalue weighted by Gasteiger charge is -2.13. The molecule has 1 heterocycles. The van der Waals surface area contributed by atoms with E-state index in [4.69, 9.17) is 5.26 Å². The molecule has 0 radical (unpaired) electrons. The fraction of sp³-hybridized carbons (Fsp3) is 0.538. The monoisotopic (exact) mass is 278 g/mol. The highest BCUT2D eigenvalue weighted by Gasteiger charge is 2.14. The van der Waals surface area contributed by atoms with E-state index in [0.29, 0.717) is 6.54 Å². The number of nitrogens with zero attached hydrogens (tertiary/aromatic N) is 3. The van der Waals surface area contributed by atoms with Crippen LogP contribution in [-0.2, 0) is 17.9 Å². The lowest BCUT2D eigenvalue weighted by Crippen LogP contribution is -2.45. The van der Waals surface area contributed by atoms with E-state index in [1.807, 2.05) is 13.8 Å². The molecule has 1 rings (SSSR count). The number of amides is 1. The molecule has 0 fully saturated rings. The minimum atomic E-state index is -0.735. The average Bonchev–Trinajstić information content (AvgIpc) is 2.43. The van der Waals surface area contributed by atoms with Crippen molar-refractivity contribution in [3.63, 3.8) is 0 Å². The lowest BCUT2D eigenvalue weighted by atomic mass is 10.2. The largest absolute Gasteiger partial charge is 0.352 e. The first-order chi connectivity index (χ1) is 9.44. The summed E-state index contributed by atoms with van der Waals surface area (Å²) in [5, 5.41) is 11.6. The maximum Gasteiger partial charge on any atom is 0.331 e. The molecule has 0 aromatic carbocycles. The van der Waals surface area contributed by atoms with Crippen molar-refractivity contribution in [1.82, 2.24) is 14.5 Å². The van der Waals surface area contributed by atoms with Gasteiger partial charge in [-0.1, -0.05) is 6.92 Å². The van der Waals surface area contributed by atoms with Crippen LogP contribution in [0.1, 0.15) is 32.8 Å². The summed E-state index contributed by atoms with van der Waals surface area (Å²) in [6.07, 6.45) is 1.96. The van der Waals surface area contributed by atoms with Gasteiger partial charge in [-0.15, -0.1) is 0 Å². The lowest BCUT2D eigenvalue weighted by molar-refractivity contribution is -0.122. The topological polar surface area (TPSA) is 96.9 Å². The number of nitriles is 1. The number of hydrogen-bond acceptors (Lipinski definition) is 4. The summed E-state index contributed by atoms with van der Waals surface area (Å²) in [5.74, 6) is -0.420. The molecule has 1 atom stereocenters. The highest BCUT2D eigenvalue weighted by atomic mass is 16.2. The second kappa shape index (κ2) is 6.70. The summed E-state index contributed by atoms with van der Waals surface area (Å²) in [4.78, 5) is 35.7. The van der Waals surface area contributed by atoms with E-state index in [0.717, 1.165) is 11.0 Å². The summed E-state index contributed by atoms with van der Waals surface area (Å²) < 4.78 is 2.02. The van der Waals surface area contributed by atoms with Crippen LogP contribution in [0.2, 0.25) is 0 Å². The molecule has 0 aliphatic heterocycles. The minimum Gasteiger partial charge on any atom is -0.352 e. The number of nitrogens with one attached hydrogen (secondary N) is 1.